The average molecular weight is 353 g/mol. The lowest BCUT2D eigenvalue weighted by molar-refractivity contribution is 0.631. The number of nitrogen functional groups attached to an aromatic ring is 1. The molecule has 1 unspecified atom stereocenters. The predicted molar refractivity (Wildman–Crippen MR) is 96.7 cm³/mol. The van der Waals surface area contributed by atoms with E-state index in [1.165, 1.54) is 18.5 Å². The van der Waals surface area contributed by atoms with Crippen LogP contribution >= 0.6 is 0 Å². The van der Waals surface area contributed by atoms with Crippen molar-refractivity contribution in [3.8, 4) is 22.3 Å². The molecule has 2 N–H and O–H groups in total. The second-order valence-electron chi connectivity index (χ2n) is 6.02. The molecule has 4 nitrogen and oxygen atoms in total. The molecule has 1 aliphatic carbocycles. The number of benzene rings is 2. The van der Waals surface area contributed by atoms with E-state index in [2.05, 4.69) is 9.97 Å². The van der Waals surface area contributed by atoms with Gasteiger partial charge in [0.1, 0.15) is 5.82 Å². The van der Waals surface area contributed by atoms with Crippen LogP contribution in [0.4, 0.5) is 10.3 Å². The van der Waals surface area contributed by atoms with Crippen LogP contribution in [0.5, 0.6) is 0 Å². The summed E-state index contributed by atoms with van der Waals surface area (Å²) in [6.07, 6.45) is 4.98. The van der Waals surface area contributed by atoms with E-state index in [1.807, 2.05) is 30.3 Å². The predicted octanol–water partition coefficient (Wildman–Crippen LogP) is 3.80. The zero-order valence-corrected chi connectivity index (χ0v) is 14.2. The van der Waals surface area contributed by atoms with Gasteiger partial charge in [0.15, 0.2) is 0 Å². The fourth-order valence-corrected chi connectivity index (χ4v) is 4.27. The van der Waals surface area contributed by atoms with Gasteiger partial charge in [0.05, 0.1) is 10.8 Å². The summed E-state index contributed by atoms with van der Waals surface area (Å²) in [5.74, 6) is -0.227. The molecular weight excluding hydrogens is 337 g/mol. The zero-order valence-electron chi connectivity index (χ0n) is 13.4. The minimum Gasteiger partial charge on any atom is -0.368 e. The third kappa shape index (κ3) is 3.17. The topological polar surface area (TPSA) is 68.9 Å². The molecule has 1 aromatic heterocycles. The molecule has 25 heavy (non-hydrogen) atoms. The number of halogens is 1. The van der Waals surface area contributed by atoms with Crippen molar-refractivity contribution in [2.75, 3.05) is 5.73 Å². The molecular formula is C19H16FN3OS. The Morgan fingerprint density at radius 3 is 2.40 bits per heavy atom. The number of nitrogens with two attached hydrogens (primary N) is 1. The maximum absolute atomic E-state index is 14.7. The summed E-state index contributed by atoms with van der Waals surface area (Å²) in [7, 11) is -1.04. The van der Waals surface area contributed by atoms with Crippen molar-refractivity contribution < 1.29 is 8.60 Å². The van der Waals surface area contributed by atoms with Gasteiger partial charge in [0.25, 0.3) is 0 Å². The molecule has 0 radical (unpaired) electrons. The lowest BCUT2D eigenvalue weighted by Gasteiger charge is -2.11. The van der Waals surface area contributed by atoms with Crippen LogP contribution in [0.25, 0.3) is 22.3 Å². The van der Waals surface area contributed by atoms with Crippen molar-refractivity contribution in [3.63, 3.8) is 0 Å². The quantitative estimate of drug-likeness (QED) is 0.774. The van der Waals surface area contributed by atoms with Gasteiger partial charge in [-0.1, -0.05) is 30.3 Å². The molecule has 0 saturated heterocycles. The van der Waals surface area contributed by atoms with Gasteiger partial charge in [-0.3, -0.25) is 4.21 Å². The van der Waals surface area contributed by atoms with Gasteiger partial charge in [-0.15, -0.1) is 0 Å². The van der Waals surface area contributed by atoms with E-state index in [0.29, 0.717) is 16.7 Å². The Labute approximate surface area is 147 Å². The highest BCUT2D eigenvalue weighted by molar-refractivity contribution is 7.86. The fourth-order valence-electron chi connectivity index (χ4n) is 2.74. The van der Waals surface area contributed by atoms with Gasteiger partial charge in [0, 0.05) is 33.7 Å². The van der Waals surface area contributed by atoms with Crippen molar-refractivity contribution in [1.29, 1.82) is 0 Å². The normalized spacial score (nSPS) is 15.1. The molecule has 1 aliphatic rings. The van der Waals surface area contributed by atoms with Gasteiger partial charge in [0.2, 0.25) is 5.95 Å². The van der Waals surface area contributed by atoms with E-state index in [4.69, 9.17) is 5.73 Å². The molecule has 1 heterocycles. The van der Waals surface area contributed by atoms with Crippen LogP contribution in [-0.4, -0.2) is 19.4 Å². The first-order valence-corrected chi connectivity index (χ1v) is 9.22. The van der Waals surface area contributed by atoms with Crippen molar-refractivity contribution in [3.05, 3.63) is 60.7 Å². The Kier molecular flexibility index (Phi) is 4.05. The Morgan fingerprint density at radius 2 is 1.72 bits per heavy atom. The Balaban J connectivity index is 1.74. The maximum atomic E-state index is 14.7. The van der Waals surface area contributed by atoms with Gasteiger partial charge in [-0.05, 0) is 36.1 Å². The number of nitrogens with zero attached hydrogens (tertiary/aromatic N) is 2. The van der Waals surface area contributed by atoms with Gasteiger partial charge >= 0.3 is 0 Å². The van der Waals surface area contributed by atoms with Crippen LogP contribution in [0.3, 0.4) is 0 Å². The molecule has 126 valence electrons. The Morgan fingerprint density at radius 1 is 1.00 bits per heavy atom. The van der Waals surface area contributed by atoms with Crippen molar-refractivity contribution >= 4 is 16.7 Å². The fraction of sp³-hybridized carbons (Fsp3) is 0.158. The minimum absolute atomic E-state index is 0.150. The third-order valence-corrected chi connectivity index (χ3v) is 6.06. The third-order valence-electron chi connectivity index (χ3n) is 4.19. The van der Waals surface area contributed by atoms with E-state index < -0.39 is 10.8 Å². The maximum Gasteiger partial charge on any atom is 0.219 e. The summed E-state index contributed by atoms with van der Waals surface area (Å²) in [5, 5.41) is 0.234. The van der Waals surface area contributed by atoms with Crippen molar-refractivity contribution in [2.45, 2.75) is 23.0 Å². The first-order valence-electron chi connectivity index (χ1n) is 8.01. The summed E-state index contributed by atoms with van der Waals surface area (Å²) >= 11 is 0. The summed E-state index contributed by atoms with van der Waals surface area (Å²) in [5.41, 5.74) is 7.96. The smallest absolute Gasteiger partial charge is 0.219 e. The highest BCUT2D eigenvalue weighted by Crippen LogP contribution is 2.36. The molecule has 0 aliphatic heterocycles. The number of anilines is 1. The van der Waals surface area contributed by atoms with Crippen molar-refractivity contribution in [2.24, 2.45) is 0 Å². The minimum atomic E-state index is -1.04. The summed E-state index contributed by atoms with van der Waals surface area (Å²) in [6, 6.07) is 12.5. The second-order valence-corrected chi connectivity index (χ2v) is 7.72. The molecule has 0 amide bonds. The lowest BCUT2D eigenvalue weighted by Crippen LogP contribution is -2.00. The molecule has 2 aromatic carbocycles. The molecule has 6 heteroatoms. The standard InChI is InChI=1S/C19H16FN3OS/c20-17-9-12(5-8-15(17)13-10-22-19(21)23-11-13)16-3-1-2-4-18(16)25(24)14-6-7-14/h1-5,8-11,14H,6-7H2,(H2,21,22,23). The van der Waals surface area contributed by atoms with Crippen LogP contribution in [0.1, 0.15) is 12.8 Å². The van der Waals surface area contributed by atoms with Crippen LogP contribution < -0.4 is 5.73 Å². The number of rotatable bonds is 4. The average Bonchev–Trinajstić information content (AvgIpc) is 3.47. The SMILES string of the molecule is Nc1ncc(-c2ccc(-c3ccccc3S(=O)C3CC3)cc2F)cn1. The van der Waals surface area contributed by atoms with Crippen LogP contribution in [0.2, 0.25) is 0 Å². The van der Waals surface area contributed by atoms with Gasteiger partial charge in [-0.2, -0.15) is 0 Å². The Hall–Kier alpha value is -2.60. The van der Waals surface area contributed by atoms with Gasteiger partial charge < -0.3 is 5.73 Å². The summed E-state index contributed by atoms with van der Waals surface area (Å²) in [4.78, 5) is 8.57. The zero-order chi connectivity index (χ0) is 17.4. The van der Waals surface area contributed by atoms with Gasteiger partial charge in [-0.25, -0.2) is 14.4 Å². The lowest BCUT2D eigenvalue weighted by atomic mass is 10.0. The van der Waals surface area contributed by atoms with E-state index in [0.717, 1.165) is 23.3 Å². The molecule has 0 bridgehead atoms. The second kappa shape index (κ2) is 6.37. The molecule has 1 fully saturated rings. The largest absolute Gasteiger partial charge is 0.368 e. The number of aromatic nitrogens is 2. The molecule has 0 spiro atoms. The monoisotopic (exact) mass is 353 g/mol. The summed E-state index contributed by atoms with van der Waals surface area (Å²) < 4.78 is 27.3. The van der Waals surface area contributed by atoms with Crippen LogP contribution in [0.15, 0.2) is 59.8 Å². The van der Waals surface area contributed by atoms with E-state index >= 15 is 0 Å². The molecule has 4 rings (SSSR count). The molecule has 1 saturated carbocycles. The van der Waals surface area contributed by atoms with E-state index in [1.54, 1.807) is 6.07 Å². The Bertz CT molecular complexity index is 955. The van der Waals surface area contributed by atoms with Crippen LogP contribution in [-0.2, 0) is 10.8 Å². The first kappa shape index (κ1) is 15.9. The molecule has 1 atom stereocenters. The first-order chi connectivity index (χ1) is 12.1. The highest BCUT2D eigenvalue weighted by Gasteiger charge is 2.30. The van der Waals surface area contributed by atoms with Crippen molar-refractivity contribution in [1.82, 2.24) is 9.97 Å². The van der Waals surface area contributed by atoms with Crippen LogP contribution in [0, 0.1) is 5.82 Å². The van der Waals surface area contributed by atoms with E-state index in [-0.39, 0.29) is 17.0 Å². The highest BCUT2D eigenvalue weighted by atomic mass is 32.2. The van der Waals surface area contributed by atoms with E-state index in [9.17, 15) is 8.60 Å². The molecule has 3 aromatic rings. The summed E-state index contributed by atoms with van der Waals surface area (Å²) in [6.45, 7) is 0. The number of hydrogen-bond acceptors (Lipinski definition) is 4. The number of hydrogen-bond donors (Lipinski definition) is 1.